The van der Waals surface area contributed by atoms with Crippen LogP contribution in [0.2, 0.25) is 0 Å². The van der Waals surface area contributed by atoms with E-state index >= 15 is 0 Å². The van der Waals surface area contributed by atoms with Crippen molar-refractivity contribution in [2.45, 2.75) is 32.6 Å². The maximum Gasteiger partial charge on any atom is 0.328 e. The third-order valence-corrected chi connectivity index (χ3v) is 6.30. The number of amides is 3. The van der Waals surface area contributed by atoms with Gasteiger partial charge >= 0.3 is 12.0 Å². The summed E-state index contributed by atoms with van der Waals surface area (Å²) in [5, 5.41) is 2.06. The van der Waals surface area contributed by atoms with E-state index in [1.807, 2.05) is 49.4 Å². The normalized spacial score (nSPS) is 21.9. The largest absolute Gasteiger partial charge is 0.465 e. The molecule has 9 nitrogen and oxygen atoms in total. The van der Waals surface area contributed by atoms with Crippen LogP contribution in [0, 0.1) is 0 Å². The standard InChI is InChI=1S/C24H25N5O4/c1-4-33-19(30)14-27-15(2)12-28-20-21(25-23(27)28)26(3)24(32)29(22(20)31)13-17-10-7-9-16-8-5-6-11-18(16)17/h5-12,20-21H,4,13-14H2,1-3H3. The molecule has 0 bridgehead atoms. The highest BCUT2D eigenvalue weighted by Crippen LogP contribution is 2.34. The van der Waals surface area contributed by atoms with Crippen molar-refractivity contribution in [2.75, 3.05) is 20.2 Å². The molecular formula is C24H25N5O4. The Morgan fingerprint density at radius 2 is 1.85 bits per heavy atom. The van der Waals surface area contributed by atoms with E-state index in [1.54, 1.807) is 30.0 Å². The number of esters is 1. The Kier molecular flexibility index (Phi) is 5.03. The first kappa shape index (κ1) is 21.0. The summed E-state index contributed by atoms with van der Waals surface area (Å²) in [5.74, 6) is -0.203. The number of ether oxygens (including phenoxy) is 1. The highest BCUT2D eigenvalue weighted by molar-refractivity contribution is 6.05. The number of urea groups is 1. The number of hydrogen-bond acceptors (Lipinski definition) is 7. The van der Waals surface area contributed by atoms with Crippen LogP contribution < -0.4 is 0 Å². The summed E-state index contributed by atoms with van der Waals surface area (Å²) in [6.45, 7) is 4.06. The third-order valence-electron chi connectivity index (χ3n) is 6.30. The fourth-order valence-electron chi connectivity index (χ4n) is 4.68. The molecule has 0 N–H and O–H groups in total. The predicted octanol–water partition coefficient (Wildman–Crippen LogP) is 2.34. The second kappa shape index (κ2) is 7.91. The van der Waals surface area contributed by atoms with Crippen LogP contribution in [0.3, 0.4) is 0 Å². The van der Waals surface area contributed by atoms with Crippen LogP contribution in [0.5, 0.6) is 0 Å². The summed E-state index contributed by atoms with van der Waals surface area (Å²) in [6.07, 6.45) is 1.15. The molecule has 2 atom stereocenters. The van der Waals surface area contributed by atoms with Crippen LogP contribution in [-0.4, -0.2) is 75.9 Å². The third kappa shape index (κ3) is 3.31. The fourth-order valence-corrected chi connectivity index (χ4v) is 4.68. The first-order valence-electron chi connectivity index (χ1n) is 10.9. The van der Waals surface area contributed by atoms with Gasteiger partial charge in [0.1, 0.15) is 6.54 Å². The van der Waals surface area contributed by atoms with Crippen molar-refractivity contribution in [1.29, 1.82) is 0 Å². The quantitative estimate of drug-likeness (QED) is 0.654. The van der Waals surface area contributed by atoms with Gasteiger partial charge in [-0.1, -0.05) is 42.5 Å². The molecule has 33 heavy (non-hydrogen) atoms. The van der Waals surface area contributed by atoms with E-state index < -0.39 is 18.2 Å². The van der Waals surface area contributed by atoms with Crippen molar-refractivity contribution in [1.82, 2.24) is 19.6 Å². The first-order chi connectivity index (χ1) is 15.9. The highest BCUT2D eigenvalue weighted by atomic mass is 16.5. The van der Waals surface area contributed by atoms with Gasteiger partial charge in [-0.15, -0.1) is 0 Å². The lowest BCUT2D eigenvalue weighted by atomic mass is 10.0. The van der Waals surface area contributed by atoms with Crippen molar-refractivity contribution < 1.29 is 19.1 Å². The Morgan fingerprint density at radius 3 is 2.64 bits per heavy atom. The maximum absolute atomic E-state index is 13.6. The van der Waals surface area contributed by atoms with Gasteiger partial charge in [-0.2, -0.15) is 0 Å². The van der Waals surface area contributed by atoms with Crippen LogP contribution in [0.4, 0.5) is 4.79 Å². The molecule has 3 amide bonds. The minimum atomic E-state index is -0.681. The monoisotopic (exact) mass is 447 g/mol. The molecule has 9 heteroatoms. The van der Waals surface area contributed by atoms with Crippen LogP contribution in [0.15, 0.2) is 59.4 Å². The fraction of sp³-hybridized carbons (Fsp3) is 0.333. The lowest BCUT2D eigenvalue weighted by Gasteiger charge is -2.40. The van der Waals surface area contributed by atoms with Crippen molar-refractivity contribution in [3.05, 3.63) is 59.9 Å². The number of aliphatic imine (C=N–C) groups is 1. The second-order valence-corrected chi connectivity index (χ2v) is 8.31. The topological polar surface area (TPSA) is 85.8 Å². The van der Waals surface area contributed by atoms with Crippen LogP contribution in [0.1, 0.15) is 19.4 Å². The van der Waals surface area contributed by atoms with Crippen molar-refractivity contribution in [3.63, 3.8) is 0 Å². The number of hydrogen-bond donors (Lipinski definition) is 0. The summed E-state index contributed by atoms with van der Waals surface area (Å²) in [7, 11) is 1.65. The van der Waals surface area contributed by atoms with E-state index in [9.17, 15) is 14.4 Å². The molecule has 1 saturated heterocycles. The maximum atomic E-state index is 13.6. The van der Waals surface area contributed by atoms with Gasteiger partial charge in [-0.25, -0.2) is 9.79 Å². The molecule has 0 saturated carbocycles. The molecule has 3 aliphatic heterocycles. The molecule has 2 aromatic rings. The smallest absolute Gasteiger partial charge is 0.328 e. The van der Waals surface area contributed by atoms with Crippen molar-refractivity contribution in [2.24, 2.45) is 4.99 Å². The average molecular weight is 447 g/mol. The molecule has 2 unspecified atom stereocenters. The summed E-state index contributed by atoms with van der Waals surface area (Å²) in [6, 6.07) is 12.7. The summed E-state index contributed by atoms with van der Waals surface area (Å²) < 4.78 is 5.08. The number of benzene rings is 2. The number of imide groups is 1. The summed E-state index contributed by atoms with van der Waals surface area (Å²) in [5.41, 5.74) is 1.69. The van der Waals surface area contributed by atoms with E-state index in [-0.39, 0.29) is 31.6 Å². The molecule has 2 aromatic carbocycles. The van der Waals surface area contributed by atoms with Crippen molar-refractivity contribution >= 4 is 34.6 Å². The van der Waals surface area contributed by atoms with Gasteiger partial charge in [0.25, 0.3) is 5.91 Å². The Labute approximate surface area is 191 Å². The summed E-state index contributed by atoms with van der Waals surface area (Å²) in [4.78, 5) is 49.8. The van der Waals surface area contributed by atoms with Gasteiger partial charge in [0.05, 0.1) is 13.2 Å². The molecule has 170 valence electrons. The minimum absolute atomic E-state index is 0.00346. The van der Waals surface area contributed by atoms with E-state index in [4.69, 9.17) is 4.74 Å². The molecular weight excluding hydrogens is 422 g/mol. The molecule has 3 aliphatic rings. The lowest BCUT2D eigenvalue weighted by molar-refractivity contribution is -0.143. The first-order valence-corrected chi connectivity index (χ1v) is 10.9. The molecule has 3 heterocycles. The Balaban J connectivity index is 1.44. The summed E-state index contributed by atoms with van der Waals surface area (Å²) >= 11 is 0. The van der Waals surface area contributed by atoms with Gasteiger partial charge in [0.15, 0.2) is 12.2 Å². The Hall–Kier alpha value is -3.88. The molecule has 0 aliphatic carbocycles. The number of carbonyl (C=O) groups is 3. The van der Waals surface area contributed by atoms with E-state index in [0.717, 1.165) is 22.0 Å². The number of guanidine groups is 1. The molecule has 5 rings (SSSR count). The Bertz CT molecular complexity index is 1220. The molecule has 0 radical (unpaired) electrons. The minimum Gasteiger partial charge on any atom is -0.465 e. The molecule has 1 fully saturated rings. The van der Waals surface area contributed by atoms with Gasteiger partial charge in [-0.05, 0) is 30.2 Å². The van der Waals surface area contributed by atoms with Gasteiger partial charge in [0, 0.05) is 18.9 Å². The number of carbonyl (C=O) groups excluding carboxylic acids is 3. The second-order valence-electron chi connectivity index (χ2n) is 8.31. The Morgan fingerprint density at radius 1 is 1.09 bits per heavy atom. The van der Waals surface area contributed by atoms with E-state index in [0.29, 0.717) is 5.96 Å². The predicted molar refractivity (Wildman–Crippen MR) is 122 cm³/mol. The lowest BCUT2D eigenvalue weighted by Crippen LogP contribution is -2.63. The van der Waals surface area contributed by atoms with Crippen LogP contribution in [-0.2, 0) is 20.9 Å². The van der Waals surface area contributed by atoms with Crippen LogP contribution in [0.25, 0.3) is 10.8 Å². The van der Waals surface area contributed by atoms with Gasteiger partial charge in [-0.3, -0.25) is 14.5 Å². The van der Waals surface area contributed by atoms with Gasteiger partial charge < -0.3 is 19.4 Å². The molecule has 0 aromatic heterocycles. The van der Waals surface area contributed by atoms with E-state index in [2.05, 4.69) is 4.99 Å². The SMILES string of the molecule is CCOC(=O)CN1C(C)=CN2C1=NC1C2C(=O)N(Cc2cccc3ccccc23)C(=O)N1C. The number of allylic oxidation sites excluding steroid dienone is 1. The number of nitrogens with zero attached hydrogens (tertiary/aromatic N) is 5. The zero-order valence-corrected chi connectivity index (χ0v) is 18.8. The molecule has 0 spiro atoms. The van der Waals surface area contributed by atoms with Crippen molar-refractivity contribution in [3.8, 4) is 0 Å². The van der Waals surface area contributed by atoms with E-state index in [1.165, 1.54) is 9.80 Å². The number of fused-ring (bicyclic) bond motifs is 4. The average Bonchev–Trinajstić information content (AvgIpc) is 3.31. The zero-order valence-electron chi connectivity index (χ0n) is 18.8. The highest BCUT2D eigenvalue weighted by Gasteiger charge is 2.54. The number of rotatable bonds is 5. The van der Waals surface area contributed by atoms with Gasteiger partial charge in [0.2, 0.25) is 5.96 Å². The zero-order chi connectivity index (χ0) is 23.3. The van der Waals surface area contributed by atoms with Crippen LogP contribution >= 0.6 is 0 Å². The number of likely N-dealkylation sites (N-methyl/N-ethyl adjacent to an activating group) is 1.